The van der Waals surface area contributed by atoms with Gasteiger partial charge >= 0.3 is 0 Å². The summed E-state index contributed by atoms with van der Waals surface area (Å²) in [6.45, 7) is 0.190. The molecule has 6 heteroatoms. The molecule has 0 saturated heterocycles. The van der Waals surface area contributed by atoms with E-state index in [-0.39, 0.29) is 19.2 Å². The monoisotopic (exact) mass is 301 g/mol. The third-order valence-electron chi connectivity index (χ3n) is 4.07. The third-order valence-corrected chi connectivity index (χ3v) is 4.07. The minimum Gasteiger partial charge on any atom is -0.493 e. The van der Waals surface area contributed by atoms with Gasteiger partial charge in [0.15, 0.2) is 11.5 Å². The summed E-state index contributed by atoms with van der Waals surface area (Å²) in [6.07, 6.45) is 2.77. The van der Waals surface area contributed by atoms with Gasteiger partial charge in [-0.1, -0.05) is 6.42 Å². The van der Waals surface area contributed by atoms with E-state index in [2.05, 4.69) is 0 Å². The van der Waals surface area contributed by atoms with E-state index < -0.39 is 12.1 Å². The Labute approximate surface area is 124 Å². The Morgan fingerprint density at radius 3 is 2.70 bits per heavy atom. The Balaban J connectivity index is 0.00000147. The maximum Gasteiger partial charge on any atom is 0.231 e. The van der Waals surface area contributed by atoms with Crippen molar-refractivity contribution >= 4 is 12.4 Å². The molecule has 5 nitrogen and oxygen atoms in total. The molecule has 2 atom stereocenters. The number of rotatable bonds is 4. The zero-order chi connectivity index (χ0) is 13.4. The van der Waals surface area contributed by atoms with E-state index in [1.165, 1.54) is 6.42 Å². The molecule has 0 bridgehead atoms. The maximum atomic E-state index is 10.3. The summed E-state index contributed by atoms with van der Waals surface area (Å²) < 4.78 is 16.0. The molecule has 1 heterocycles. The van der Waals surface area contributed by atoms with Crippen molar-refractivity contribution in [2.75, 3.05) is 13.9 Å². The molecule has 1 aromatic carbocycles. The van der Waals surface area contributed by atoms with Crippen LogP contribution in [0.2, 0.25) is 0 Å². The molecule has 1 aromatic rings. The van der Waals surface area contributed by atoms with Crippen molar-refractivity contribution in [1.29, 1.82) is 0 Å². The van der Waals surface area contributed by atoms with E-state index in [0.29, 0.717) is 23.2 Å². The first kappa shape index (κ1) is 15.2. The van der Waals surface area contributed by atoms with Crippen molar-refractivity contribution in [2.24, 2.45) is 11.7 Å². The topological polar surface area (TPSA) is 73.9 Å². The number of methoxy groups -OCH3 is 1. The molecule has 3 N–H and O–H groups in total. The molecule has 112 valence electrons. The van der Waals surface area contributed by atoms with Crippen LogP contribution in [0.5, 0.6) is 17.2 Å². The molecule has 0 spiro atoms. The molecule has 3 rings (SSSR count). The molecule has 1 saturated carbocycles. The van der Waals surface area contributed by atoms with Crippen LogP contribution >= 0.6 is 12.4 Å². The summed E-state index contributed by atoms with van der Waals surface area (Å²) in [6, 6.07) is 3.23. The number of fused-ring (bicyclic) bond motifs is 1. The quantitative estimate of drug-likeness (QED) is 0.890. The van der Waals surface area contributed by atoms with Gasteiger partial charge in [0.25, 0.3) is 0 Å². The average molecular weight is 302 g/mol. The number of aliphatic hydroxyl groups is 1. The molecule has 20 heavy (non-hydrogen) atoms. The second-order valence-electron chi connectivity index (χ2n) is 5.16. The molecular weight excluding hydrogens is 282 g/mol. The molecule has 0 aromatic heterocycles. The molecule has 0 radical (unpaired) electrons. The van der Waals surface area contributed by atoms with Crippen molar-refractivity contribution in [3.8, 4) is 17.2 Å². The van der Waals surface area contributed by atoms with Crippen molar-refractivity contribution in [3.05, 3.63) is 17.7 Å². The van der Waals surface area contributed by atoms with Gasteiger partial charge in [0.1, 0.15) is 0 Å². The van der Waals surface area contributed by atoms with Gasteiger partial charge in [0, 0.05) is 0 Å². The first-order chi connectivity index (χ1) is 9.20. The Hall–Kier alpha value is -1.17. The van der Waals surface area contributed by atoms with E-state index in [1.807, 2.05) is 12.1 Å². The largest absolute Gasteiger partial charge is 0.493 e. The summed E-state index contributed by atoms with van der Waals surface area (Å²) in [7, 11) is 1.58. The standard InChI is InChI=1S/C14H19NO4.ClH/c1-17-10-5-9(6-11-14(10)19-7-18-11)12(15)13(16)8-3-2-4-8;/h5-6,8,12-13,16H,2-4,7,15H2,1H3;1H/t12-,13+;/m0./s1. The van der Waals surface area contributed by atoms with Gasteiger partial charge in [-0.25, -0.2) is 0 Å². The average Bonchev–Trinajstić information content (AvgIpc) is 2.82. The number of nitrogens with two attached hydrogens (primary N) is 1. The molecule has 0 unspecified atom stereocenters. The zero-order valence-corrected chi connectivity index (χ0v) is 12.2. The second kappa shape index (κ2) is 6.08. The third kappa shape index (κ3) is 2.53. The van der Waals surface area contributed by atoms with Crippen molar-refractivity contribution in [2.45, 2.75) is 31.4 Å². The smallest absolute Gasteiger partial charge is 0.231 e. The van der Waals surface area contributed by atoms with E-state index in [4.69, 9.17) is 19.9 Å². The molecule has 1 aliphatic carbocycles. The fourth-order valence-electron chi connectivity index (χ4n) is 2.61. The lowest BCUT2D eigenvalue weighted by Gasteiger charge is -2.33. The summed E-state index contributed by atoms with van der Waals surface area (Å²) in [5.41, 5.74) is 6.98. The van der Waals surface area contributed by atoms with Gasteiger partial charge < -0.3 is 25.1 Å². The SMILES string of the molecule is COc1cc([C@H](N)[C@H](O)C2CCC2)cc2c1OCO2.Cl. The van der Waals surface area contributed by atoms with Crippen LogP contribution in [0.1, 0.15) is 30.9 Å². The van der Waals surface area contributed by atoms with Crippen LogP contribution in [-0.2, 0) is 0 Å². The number of hydrogen-bond acceptors (Lipinski definition) is 5. The highest BCUT2D eigenvalue weighted by atomic mass is 35.5. The fourth-order valence-corrected chi connectivity index (χ4v) is 2.61. The zero-order valence-electron chi connectivity index (χ0n) is 11.4. The first-order valence-electron chi connectivity index (χ1n) is 6.62. The highest BCUT2D eigenvalue weighted by Crippen LogP contribution is 2.44. The summed E-state index contributed by atoms with van der Waals surface area (Å²) in [4.78, 5) is 0. The number of halogens is 1. The minimum atomic E-state index is -0.515. The second-order valence-corrected chi connectivity index (χ2v) is 5.16. The molecule has 2 aliphatic rings. The van der Waals surface area contributed by atoms with E-state index >= 15 is 0 Å². The molecule has 0 amide bonds. The van der Waals surface area contributed by atoms with Crippen molar-refractivity contribution < 1.29 is 19.3 Å². The lowest BCUT2D eigenvalue weighted by atomic mass is 9.77. The van der Waals surface area contributed by atoms with Crippen LogP contribution in [-0.4, -0.2) is 25.1 Å². The van der Waals surface area contributed by atoms with E-state index in [1.54, 1.807) is 7.11 Å². The Morgan fingerprint density at radius 2 is 2.10 bits per heavy atom. The van der Waals surface area contributed by atoms with E-state index in [9.17, 15) is 5.11 Å². The van der Waals surface area contributed by atoms with Crippen LogP contribution in [0.15, 0.2) is 12.1 Å². The number of aliphatic hydroxyl groups excluding tert-OH is 1. The lowest BCUT2D eigenvalue weighted by molar-refractivity contribution is 0.0413. The lowest BCUT2D eigenvalue weighted by Crippen LogP contribution is -2.36. The Bertz CT molecular complexity index is 478. The number of ether oxygens (including phenoxy) is 3. The molecular formula is C14H20ClNO4. The molecule has 1 fully saturated rings. The van der Waals surface area contributed by atoms with Gasteiger partial charge in [-0.2, -0.15) is 0 Å². The first-order valence-corrected chi connectivity index (χ1v) is 6.62. The number of benzene rings is 1. The van der Waals surface area contributed by atoms with Crippen LogP contribution in [0, 0.1) is 5.92 Å². The van der Waals surface area contributed by atoms with Crippen molar-refractivity contribution in [1.82, 2.24) is 0 Å². The van der Waals surface area contributed by atoms with Crippen LogP contribution in [0.3, 0.4) is 0 Å². The predicted molar refractivity (Wildman–Crippen MR) is 76.6 cm³/mol. The summed E-state index contributed by atoms with van der Waals surface area (Å²) in [5.74, 6) is 2.15. The van der Waals surface area contributed by atoms with Gasteiger partial charge in [0.05, 0.1) is 19.3 Å². The summed E-state index contributed by atoms with van der Waals surface area (Å²) in [5, 5.41) is 10.3. The van der Waals surface area contributed by atoms with Crippen LogP contribution < -0.4 is 19.9 Å². The van der Waals surface area contributed by atoms with Gasteiger partial charge in [0.2, 0.25) is 12.5 Å². The van der Waals surface area contributed by atoms with E-state index in [0.717, 1.165) is 18.4 Å². The number of hydrogen-bond donors (Lipinski definition) is 2. The maximum absolute atomic E-state index is 10.3. The minimum absolute atomic E-state index is 0. The van der Waals surface area contributed by atoms with Gasteiger partial charge in [-0.15, -0.1) is 12.4 Å². The van der Waals surface area contributed by atoms with Crippen LogP contribution in [0.4, 0.5) is 0 Å². The highest BCUT2D eigenvalue weighted by Gasteiger charge is 2.32. The predicted octanol–water partition coefficient (Wildman–Crippen LogP) is 2.01. The van der Waals surface area contributed by atoms with Crippen LogP contribution in [0.25, 0.3) is 0 Å². The normalized spacial score (nSPS) is 19.8. The highest BCUT2D eigenvalue weighted by molar-refractivity contribution is 5.85. The Morgan fingerprint density at radius 1 is 1.35 bits per heavy atom. The van der Waals surface area contributed by atoms with Gasteiger partial charge in [-0.3, -0.25) is 0 Å². The molecule has 1 aliphatic heterocycles. The fraction of sp³-hybridized carbons (Fsp3) is 0.571. The van der Waals surface area contributed by atoms with Gasteiger partial charge in [-0.05, 0) is 36.5 Å². The Kier molecular flexibility index (Phi) is 4.62. The van der Waals surface area contributed by atoms with Crippen molar-refractivity contribution in [3.63, 3.8) is 0 Å². The summed E-state index contributed by atoms with van der Waals surface area (Å²) >= 11 is 0.